The summed E-state index contributed by atoms with van der Waals surface area (Å²) in [6, 6.07) is 4.08. The normalized spacial score (nSPS) is 21.5. The molecule has 2 nitrogen and oxygen atoms in total. The molecule has 2 unspecified atom stereocenters. The Morgan fingerprint density at radius 1 is 1.26 bits per heavy atom. The molecule has 1 aliphatic heterocycles. The van der Waals surface area contributed by atoms with Crippen LogP contribution in [0.2, 0.25) is 15.1 Å². The molecule has 1 aliphatic rings. The second-order valence-electron chi connectivity index (χ2n) is 5.11. The van der Waals surface area contributed by atoms with Crippen molar-refractivity contribution in [3.8, 4) is 0 Å². The maximum atomic E-state index is 6.29. The van der Waals surface area contributed by atoms with Gasteiger partial charge in [0.1, 0.15) is 0 Å². The first-order valence-electron chi connectivity index (χ1n) is 6.65. The zero-order chi connectivity index (χ0) is 14.0. The van der Waals surface area contributed by atoms with Crippen LogP contribution in [-0.4, -0.2) is 25.7 Å². The summed E-state index contributed by atoms with van der Waals surface area (Å²) in [6.45, 7) is 7.35. The van der Waals surface area contributed by atoms with Crippen molar-refractivity contribution >= 4 is 40.5 Å². The highest BCUT2D eigenvalue weighted by molar-refractivity contribution is 6.44. The number of hydrogen-bond acceptors (Lipinski definition) is 2. The van der Waals surface area contributed by atoms with Gasteiger partial charge in [0.05, 0.1) is 20.8 Å². The van der Waals surface area contributed by atoms with Gasteiger partial charge < -0.3 is 10.2 Å². The molecule has 0 aromatic heterocycles. The molecule has 2 rings (SSSR count). The summed E-state index contributed by atoms with van der Waals surface area (Å²) >= 11 is 18.4. The Morgan fingerprint density at radius 3 is 2.63 bits per heavy atom. The Labute approximate surface area is 130 Å². The maximum absolute atomic E-state index is 6.29. The van der Waals surface area contributed by atoms with Gasteiger partial charge in [-0.1, -0.05) is 55.1 Å². The van der Waals surface area contributed by atoms with Crippen LogP contribution in [0.1, 0.15) is 20.3 Å². The van der Waals surface area contributed by atoms with E-state index in [2.05, 4.69) is 24.1 Å². The molecule has 0 amide bonds. The van der Waals surface area contributed by atoms with E-state index in [-0.39, 0.29) is 0 Å². The maximum Gasteiger partial charge on any atom is 0.0655 e. The van der Waals surface area contributed by atoms with Crippen molar-refractivity contribution < 1.29 is 0 Å². The van der Waals surface area contributed by atoms with Gasteiger partial charge in [-0.25, -0.2) is 0 Å². The number of anilines is 1. The summed E-state index contributed by atoms with van der Waals surface area (Å²) in [7, 11) is 0. The van der Waals surface area contributed by atoms with E-state index in [4.69, 9.17) is 34.8 Å². The highest BCUT2D eigenvalue weighted by Crippen LogP contribution is 2.35. The molecule has 1 fully saturated rings. The van der Waals surface area contributed by atoms with E-state index < -0.39 is 0 Å². The number of piperazine rings is 1. The molecule has 0 spiro atoms. The highest BCUT2D eigenvalue weighted by Gasteiger charge is 2.24. The van der Waals surface area contributed by atoms with Gasteiger partial charge in [0.15, 0.2) is 0 Å². The van der Waals surface area contributed by atoms with Gasteiger partial charge in [0.25, 0.3) is 0 Å². The second kappa shape index (κ2) is 6.53. The Morgan fingerprint density at radius 2 is 1.95 bits per heavy atom. The highest BCUT2D eigenvalue weighted by atomic mass is 35.5. The second-order valence-corrected chi connectivity index (χ2v) is 6.33. The van der Waals surface area contributed by atoms with Gasteiger partial charge in [0, 0.05) is 25.7 Å². The van der Waals surface area contributed by atoms with Gasteiger partial charge in [-0.2, -0.15) is 0 Å². The molecule has 0 aliphatic carbocycles. The van der Waals surface area contributed by atoms with Crippen LogP contribution < -0.4 is 10.2 Å². The number of nitrogens with one attached hydrogen (secondary N) is 1. The van der Waals surface area contributed by atoms with Crippen LogP contribution >= 0.6 is 34.8 Å². The number of benzene rings is 1. The molecule has 1 saturated heterocycles. The number of nitrogens with zero attached hydrogens (tertiary/aromatic N) is 1. The van der Waals surface area contributed by atoms with E-state index in [1.165, 1.54) is 6.42 Å². The van der Waals surface area contributed by atoms with Crippen molar-refractivity contribution in [2.24, 2.45) is 5.92 Å². The third-order valence-corrected chi connectivity index (χ3v) is 4.89. The van der Waals surface area contributed by atoms with E-state index in [1.54, 1.807) is 6.07 Å². The molecule has 0 radical (unpaired) electrons. The fourth-order valence-corrected chi connectivity index (χ4v) is 3.08. The van der Waals surface area contributed by atoms with E-state index >= 15 is 0 Å². The van der Waals surface area contributed by atoms with Gasteiger partial charge in [-0.15, -0.1) is 0 Å². The fourth-order valence-electron chi connectivity index (χ4n) is 2.42. The zero-order valence-electron chi connectivity index (χ0n) is 11.2. The van der Waals surface area contributed by atoms with E-state index in [9.17, 15) is 0 Å². The van der Waals surface area contributed by atoms with Crippen LogP contribution in [0, 0.1) is 5.92 Å². The summed E-state index contributed by atoms with van der Waals surface area (Å²) in [5.74, 6) is 0.643. The molecule has 1 N–H and O–H groups in total. The molecular formula is C14H19Cl3N2. The van der Waals surface area contributed by atoms with Crippen molar-refractivity contribution in [1.82, 2.24) is 5.32 Å². The Kier molecular flexibility index (Phi) is 5.24. The van der Waals surface area contributed by atoms with Crippen molar-refractivity contribution in [3.05, 3.63) is 27.2 Å². The molecular weight excluding hydrogens is 303 g/mol. The van der Waals surface area contributed by atoms with Crippen LogP contribution in [-0.2, 0) is 0 Å². The average molecular weight is 322 g/mol. The van der Waals surface area contributed by atoms with E-state index in [0.717, 1.165) is 25.3 Å². The van der Waals surface area contributed by atoms with Gasteiger partial charge in [-0.05, 0) is 18.1 Å². The first-order valence-corrected chi connectivity index (χ1v) is 7.79. The number of rotatable bonds is 3. The molecule has 1 heterocycles. The van der Waals surface area contributed by atoms with Crippen LogP contribution in [0.5, 0.6) is 0 Å². The lowest BCUT2D eigenvalue weighted by Crippen LogP contribution is -2.53. The smallest absolute Gasteiger partial charge is 0.0655 e. The number of hydrogen-bond donors (Lipinski definition) is 1. The van der Waals surface area contributed by atoms with Crippen LogP contribution in [0.15, 0.2) is 12.1 Å². The predicted molar refractivity (Wildman–Crippen MR) is 84.9 cm³/mol. The Hall–Kier alpha value is -0.150. The molecule has 0 bridgehead atoms. The summed E-state index contributed by atoms with van der Waals surface area (Å²) in [4.78, 5) is 2.29. The minimum absolute atomic E-state index is 0.490. The van der Waals surface area contributed by atoms with Crippen molar-refractivity contribution in [3.63, 3.8) is 0 Å². The Bertz CT molecular complexity index is 451. The summed E-state index contributed by atoms with van der Waals surface area (Å²) < 4.78 is 0. The minimum Gasteiger partial charge on any atom is -0.367 e. The molecule has 1 aromatic carbocycles. The first-order chi connectivity index (χ1) is 9.02. The fraction of sp³-hybridized carbons (Fsp3) is 0.571. The average Bonchev–Trinajstić information content (AvgIpc) is 2.42. The third kappa shape index (κ3) is 3.49. The van der Waals surface area contributed by atoms with E-state index in [0.29, 0.717) is 27.0 Å². The summed E-state index contributed by atoms with van der Waals surface area (Å²) in [5, 5.41) is 5.30. The van der Waals surface area contributed by atoms with Crippen LogP contribution in [0.25, 0.3) is 0 Å². The molecule has 0 saturated carbocycles. The zero-order valence-corrected chi connectivity index (χ0v) is 13.5. The lowest BCUT2D eigenvalue weighted by atomic mass is 9.97. The van der Waals surface area contributed by atoms with Crippen LogP contribution in [0.4, 0.5) is 5.69 Å². The topological polar surface area (TPSA) is 15.3 Å². The largest absolute Gasteiger partial charge is 0.367 e. The number of halogens is 3. The molecule has 2 atom stereocenters. The first kappa shape index (κ1) is 15.2. The molecule has 5 heteroatoms. The van der Waals surface area contributed by atoms with Gasteiger partial charge in [-0.3, -0.25) is 0 Å². The van der Waals surface area contributed by atoms with Gasteiger partial charge in [0.2, 0.25) is 0 Å². The molecule has 1 aromatic rings. The Balaban J connectivity index is 2.19. The molecule has 106 valence electrons. The van der Waals surface area contributed by atoms with Crippen LogP contribution in [0.3, 0.4) is 0 Å². The standard InChI is InChI=1S/C14H19Cl3N2/c1-3-9(2)13-8-19(5-4-18-13)14-7-11(16)10(15)6-12(14)17/h6-7,9,13,18H,3-5,8H2,1-2H3. The minimum atomic E-state index is 0.490. The van der Waals surface area contributed by atoms with Crippen molar-refractivity contribution in [1.29, 1.82) is 0 Å². The van der Waals surface area contributed by atoms with Crippen molar-refractivity contribution in [2.75, 3.05) is 24.5 Å². The van der Waals surface area contributed by atoms with Crippen molar-refractivity contribution in [2.45, 2.75) is 26.3 Å². The monoisotopic (exact) mass is 320 g/mol. The summed E-state index contributed by atoms with van der Waals surface area (Å²) in [5.41, 5.74) is 0.978. The summed E-state index contributed by atoms with van der Waals surface area (Å²) in [6.07, 6.45) is 1.17. The van der Waals surface area contributed by atoms with Gasteiger partial charge >= 0.3 is 0 Å². The lowest BCUT2D eigenvalue weighted by molar-refractivity contribution is 0.342. The van der Waals surface area contributed by atoms with E-state index in [1.807, 2.05) is 6.07 Å². The quantitative estimate of drug-likeness (QED) is 0.826. The molecule has 19 heavy (non-hydrogen) atoms. The SMILES string of the molecule is CCC(C)C1CN(c2cc(Cl)c(Cl)cc2Cl)CCN1. The lowest BCUT2D eigenvalue weighted by Gasteiger charge is -2.38. The predicted octanol–water partition coefficient (Wildman–Crippen LogP) is 4.47. The third-order valence-electron chi connectivity index (χ3n) is 3.87.